The summed E-state index contributed by atoms with van der Waals surface area (Å²) in [5.41, 5.74) is 2.66. The molecule has 1 atom stereocenters. The second-order valence-electron chi connectivity index (χ2n) is 7.11. The molecule has 0 aliphatic heterocycles. The van der Waals surface area contributed by atoms with Crippen LogP contribution in [0.25, 0.3) is 22.7 Å². The Morgan fingerprint density at radius 3 is 2.18 bits per heavy atom. The lowest BCUT2D eigenvalue weighted by Crippen LogP contribution is -2.23. The number of phenols is 1. The van der Waals surface area contributed by atoms with Crippen LogP contribution in [0.4, 0.5) is 5.69 Å². The Hall–Kier alpha value is -2.75. The highest BCUT2D eigenvalue weighted by molar-refractivity contribution is 7.51. The minimum absolute atomic E-state index is 0. The van der Waals surface area contributed by atoms with Gasteiger partial charge in [0.05, 0.1) is 26.5 Å². The number of hydrogen-bond acceptors (Lipinski definition) is 8. The zero-order valence-corrected chi connectivity index (χ0v) is 19.9. The van der Waals surface area contributed by atoms with Gasteiger partial charge in [-0.25, -0.2) is 4.98 Å². The van der Waals surface area contributed by atoms with Crippen molar-refractivity contribution in [3.63, 3.8) is 0 Å². The maximum absolute atomic E-state index is 10.9. The van der Waals surface area contributed by atoms with Crippen molar-refractivity contribution in [1.29, 1.82) is 0 Å². The maximum Gasteiger partial charge on any atom is 0.328 e. The number of ether oxygens (including phenoxy) is 2. The first kappa shape index (κ1) is 26.5. The SMILES string of the molecule is COc1cc(-c2nc(-c3ccc(NCC(O)CP(=O)(O)O)cc3)c(C)o2)cc(OC)c1O.Cl. The zero-order chi connectivity index (χ0) is 23.5. The summed E-state index contributed by atoms with van der Waals surface area (Å²) >= 11 is 0. The fourth-order valence-electron chi connectivity index (χ4n) is 3.13. The topological polar surface area (TPSA) is 155 Å². The Labute approximate surface area is 196 Å². The molecule has 0 amide bonds. The van der Waals surface area contributed by atoms with Gasteiger partial charge in [-0.1, -0.05) is 12.1 Å². The Bertz CT molecular complexity index is 1100. The predicted molar refractivity (Wildman–Crippen MR) is 126 cm³/mol. The third-order valence-corrected chi connectivity index (χ3v) is 5.57. The number of methoxy groups -OCH3 is 2. The molecule has 3 aromatic rings. The molecule has 0 saturated heterocycles. The van der Waals surface area contributed by atoms with Gasteiger partial charge < -0.3 is 39.2 Å². The number of nitrogens with one attached hydrogen (secondary N) is 1. The molecule has 0 bridgehead atoms. The summed E-state index contributed by atoms with van der Waals surface area (Å²) in [7, 11) is -1.40. The summed E-state index contributed by atoms with van der Waals surface area (Å²) in [5.74, 6) is 1.26. The number of nitrogens with zero attached hydrogens (tertiary/aromatic N) is 1. The van der Waals surface area contributed by atoms with Crippen molar-refractivity contribution in [2.24, 2.45) is 0 Å². The average Bonchev–Trinajstić information content (AvgIpc) is 3.13. The molecule has 0 radical (unpaired) electrons. The first-order valence-corrected chi connectivity index (χ1v) is 11.4. The van der Waals surface area contributed by atoms with Crippen molar-refractivity contribution in [3.8, 4) is 40.0 Å². The van der Waals surface area contributed by atoms with Gasteiger partial charge in [0.15, 0.2) is 11.5 Å². The number of halogens is 1. The number of aliphatic hydroxyl groups excluding tert-OH is 1. The van der Waals surface area contributed by atoms with Crippen LogP contribution in [-0.2, 0) is 4.57 Å². The highest BCUT2D eigenvalue weighted by Crippen LogP contribution is 2.41. The van der Waals surface area contributed by atoms with Crippen molar-refractivity contribution in [3.05, 3.63) is 42.2 Å². The molecule has 0 aliphatic carbocycles. The second kappa shape index (κ2) is 10.9. The molecule has 1 aromatic heterocycles. The normalized spacial score (nSPS) is 12.1. The van der Waals surface area contributed by atoms with E-state index in [4.69, 9.17) is 23.7 Å². The number of anilines is 1. The second-order valence-corrected chi connectivity index (χ2v) is 8.81. The third kappa shape index (κ3) is 6.63. The predicted octanol–water partition coefficient (Wildman–Crippen LogP) is 3.41. The lowest BCUT2D eigenvalue weighted by atomic mass is 10.1. The van der Waals surface area contributed by atoms with Gasteiger partial charge in [0, 0.05) is 23.4 Å². The number of hydrogen-bond donors (Lipinski definition) is 5. The summed E-state index contributed by atoms with van der Waals surface area (Å²) < 4.78 is 27.1. The van der Waals surface area contributed by atoms with Crippen LogP contribution in [0, 0.1) is 6.92 Å². The number of aryl methyl sites for hydroxylation is 1. The molecule has 1 heterocycles. The van der Waals surface area contributed by atoms with Crippen LogP contribution >= 0.6 is 20.0 Å². The molecule has 12 heteroatoms. The van der Waals surface area contributed by atoms with Gasteiger partial charge in [-0.05, 0) is 31.2 Å². The molecular formula is C21H26ClN2O8P. The summed E-state index contributed by atoms with van der Waals surface area (Å²) in [5, 5.41) is 22.7. The molecule has 0 spiro atoms. The minimum atomic E-state index is -4.27. The molecule has 2 aromatic carbocycles. The third-order valence-electron chi connectivity index (χ3n) is 4.67. The van der Waals surface area contributed by atoms with E-state index in [0.29, 0.717) is 28.6 Å². The van der Waals surface area contributed by atoms with E-state index in [1.165, 1.54) is 14.2 Å². The van der Waals surface area contributed by atoms with Gasteiger partial charge in [-0.2, -0.15) is 0 Å². The van der Waals surface area contributed by atoms with Crippen LogP contribution < -0.4 is 14.8 Å². The average molecular weight is 501 g/mol. The van der Waals surface area contributed by atoms with Crippen molar-refractivity contribution in [2.75, 3.05) is 32.2 Å². The standard InChI is InChI=1S/C21H25N2O8P.ClH/c1-12-19(13-4-6-15(7-5-13)22-10-16(24)11-32(26,27)28)23-21(31-12)14-8-17(29-2)20(25)18(9-14)30-3;/h4-9,16,22,24-25H,10-11H2,1-3H3,(H2,26,27,28);1H. The quantitative estimate of drug-likeness (QED) is 0.276. The molecule has 0 saturated carbocycles. The highest BCUT2D eigenvalue weighted by Gasteiger charge is 2.20. The lowest BCUT2D eigenvalue weighted by Gasteiger charge is -2.13. The first-order valence-electron chi connectivity index (χ1n) is 9.61. The lowest BCUT2D eigenvalue weighted by molar-refractivity contribution is 0.201. The van der Waals surface area contributed by atoms with Gasteiger partial charge in [0.1, 0.15) is 11.5 Å². The fraction of sp³-hybridized carbons (Fsp3) is 0.286. The fourth-order valence-corrected chi connectivity index (χ4v) is 3.80. The number of aliphatic hydroxyl groups is 1. The van der Waals surface area contributed by atoms with Gasteiger partial charge >= 0.3 is 7.60 Å². The summed E-state index contributed by atoms with van der Waals surface area (Å²) in [6.45, 7) is 1.79. The zero-order valence-electron chi connectivity index (χ0n) is 18.2. The Balaban J connectivity index is 0.00000385. The van der Waals surface area contributed by atoms with E-state index >= 15 is 0 Å². The number of oxazole rings is 1. The van der Waals surface area contributed by atoms with E-state index in [2.05, 4.69) is 10.3 Å². The molecule has 33 heavy (non-hydrogen) atoms. The Morgan fingerprint density at radius 1 is 1.09 bits per heavy atom. The van der Waals surface area contributed by atoms with Crippen molar-refractivity contribution in [2.45, 2.75) is 13.0 Å². The van der Waals surface area contributed by atoms with Gasteiger partial charge in [0.25, 0.3) is 0 Å². The highest BCUT2D eigenvalue weighted by atomic mass is 35.5. The summed E-state index contributed by atoms with van der Waals surface area (Å²) in [6.07, 6.45) is -1.78. The molecular weight excluding hydrogens is 475 g/mol. The number of rotatable bonds is 9. The van der Waals surface area contributed by atoms with E-state index in [1.807, 2.05) is 12.1 Å². The largest absolute Gasteiger partial charge is 0.502 e. The molecule has 1 unspecified atom stereocenters. The van der Waals surface area contributed by atoms with Crippen molar-refractivity contribution in [1.82, 2.24) is 4.98 Å². The number of aromatic hydroxyl groups is 1. The van der Waals surface area contributed by atoms with Crippen LogP contribution in [0.1, 0.15) is 5.76 Å². The van der Waals surface area contributed by atoms with E-state index in [9.17, 15) is 14.8 Å². The molecule has 180 valence electrons. The van der Waals surface area contributed by atoms with E-state index in [-0.39, 0.29) is 36.2 Å². The van der Waals surface area contributed by atoms with E-state index in [1.54, 1.807) is 31.2 Å². The smallest absolute Gasteiger partial charge is 0.328 e. The van der Waals surface area contributed by atoms with Gasteiger partial charge in [0.2, 0.25) is 11.6 Å². The van der Waals surface area contributed by atoms with Crippen molar-refractivity contribution < 1.29 is 38.5 Å². The number of phenolic OH excluding ortho intramolecular Hbond substituents is 1. The molecule has 0 fully saturated rings. The maximum atomic E-state index is 10.9. The Kier molecular flexibility index (Phi) is 8.76. The van der Waals surface area contributed by atoms with Crippen LogP contribution in [0.3, 0.4) is 0 Å². The van der Waals surface area contributed by atoms with Crippen LogP contribution in [0.15, 0.2) is 40.8 Å². The first-order chi connectivity index (χ1) is 15.1. The van der Waals surface area contributed by atoms with E-state index in [0.717, 1.165) is 5.56 Å². The molecule has 3 rings (SSSR count). The van der Waals surface area contributed by atoms with Crippen molar-refractivity contribution >= 4 is 25.7 Å². The summed E-state index contributed by atoms with van der Waals surface area (Å²) in [4.78, 5) is 22.4. The Morgan fingerprint density at radius 2 is 1.67 bits per heavy atom. The van der Waals surface area contributed by atoms with Crippen LogP contribution in [0.2, 0.25) is 0 Å². The van der Waals surface area contributed by atoms with Crippen LogP contribution in [0.5, 0.6) is 17.2 Å². The van der Waals surface area contributed by atoms with Gasteiger partial charge in [-0.15, -0.1) is 12.4 Å². The molecule has 0 aliphatic rings. The number of aromatic nitrogens is 1. The monoisotopic (exact) mass is 500 g/mol. The summed E-state index contributed by atoms with van der Waals surface area (Å²) in [6, 6.07) is 10.3. The number of benzene rings is 2. The van der Waals surface area contributed by atoms with E-state index < -0.39 is 19.9 Å². The molecule has 10 nitrogen and oxygen atoms in total. The van der Waals surface area contributed by atoms with Gasteiger partial charge in [-0.3, -0.25) is 4.57 Å². The van der Waals surface area contributed by atoms with Crippen LogP contribution in [-0.4, -0.2) is 58.0 Å². The minimum Gasteiger partial charge on any atom is -0.502 e. The molecule has 5 N–H and O–H groups in total.